The van der Waals surface area contributed by atoms with E-state index in [1.165, 1.54) is 12.3 Å². The van der Waals surface area contributed by atoms with Crippen LogP contribution < -0.4 is 15.5 Å². The molecule has 9 nitrogen and oxygen atoms in total. The van der Waals surface area contributed by atoms with E-state index in [4.69, 9.17) is 4.98 Å². The van der Waals surface area contributed by atoms with Crippen LogP contribution in [-0.2, 0) is 9.84 Å². The number of fused-ring (bicyclic) bond motifs is 1. The Morgan fingerprint density at radius 3 is 2.78 bits per heavy atom. The number of urea groups is 1. The number of nitrogens with one attached hydrogen (secondary N) is 2. The monoisotopic (exact) mass is 452 g/mol. The van der Waals surface area contributed by atoms with E-state index in [9.17, 15) is 13.2 Å². The van der Waals surface area contributed by atoms with Gasteiger partial charge in [0.05, 0.1) is 28.2 Å². The molecule has 0 fully saturated rings. The van der Waals surface area contributed by atoms with Crippen LogP contribution in [-0.4, -0.2) is 48.2 Å². The molecule has 1 aliphatic rings. The van der Waals surface area contributed by atoms with Gasteiger partial charge < -0.3 is 10.6 Å². The van der Waals surface area contributed by atoms with Gasteiger partial charge in [-0.25, -0.2) is 18.2 Å². The Bertz CT molecular complexity index is 1230. The molecule has 3 aromatic rings. The molecule has 0 spiro atoms. The van der Waals surface area contributed by atoms with Gasteiger partial charge in [-0.2, -0.15) is 0 Å². The second-order valence-corrected chi connectivity index (χ2v) is 9.72. The number of carbonyl (C=O) groups excluding carboxylic acids is 1. The molecule has 32 heavy (non-hydrogen) atoms. The lowest BCUT2D eigenvalue weighted by atomic mass is 10.1. The van der Waals surface area contributed by atoms with Crippen LogP contribution in [0.1, 0.15) is 19.8 Å². The summed E-state index contributed by atoms with van der Waals surface area (Å²) in [6.45, 7) is 2.75. The zero-order valence-electron chi connectivity index (χ0n) is 17.8. The van der Waals surface area contributed by atoms with Crippen molar-refractivity contribution in [2.45, 2.75) is 30.7 Å². The Hall–Kier alpha value is -3.53. The highest BCUT2D eigenvalue weighted by atomic mass is 32.2. The molecule has 4 rings (SSSR count). The van der Waals surface area contributed by atoms with Gasteiger partial charge in [0.1, 0.15) is 0 Å². The molecule has 3 aromatic heterocycles. The first-order chi connectivity index (χ1) is 15.3. The molecule has 1 atom stereocenters. The van der Waals surface area contributed by atoms with E-state index in [1.54, 1.807) is 41.7 Å². The molecule has 0 aliphatic carbocycles. The van der Waals surface area contributed by atoms with Gasteiger partial charge in [-0.15, -0.1) is 0 Å². The summed E-state index contributed by atoms with van der Waals surface area (Å²) < 4.78 is 23.9. The third kappa shape index (κ3) is 4.70. The maximum Gasteiger partial charge on any atom is 0.327 e. The molecule has 0 aromatic carbocycles. The van der Waals surface area contributed by atoms with Crippen molar-refractivity contribution in [1.82, 2.24) is 15.0 Å². The highest BCUT2D eigenvalue weighted by molar-refractivity contribution is 7.90. The van der Waals surface area contributed by atoms with Crippen LogP contribution in [0.15, 0.2) is 60.0 Å². The molecule has 10 heteroatoms. The quantitative estimate of drug-likeness (QED) is 0.624. The van der Waals surface area contributed by atoms with Gasteiger partial charge in [-0.3, -0.25) is 14.9 Å². The van der Waals surface area contributed by atoms with E-state index in [1.807, 2.05) is 13.0 Å². The van der Waals surface area contributed by atoms with Gasteiger partial charge in [0.25, 0.3) is 0 Å². The lowest BCUT2D eigenvalue weighted by Gasteiger charge is -2.32. The Labute approximate surface area is 186 Å². The van der Waals surface area contributed by atoms with Crippen LogP contribution in [0, 0.1) is 0 Å². The largest absolute Gasteiger partial charge is 0.382 e. The summed E-state index contributed by atoms with van der Waals surface area (Å²) in [5, 5.41) is 6.23. The minimum atomic E-state index is -3.41. The first kappa shape index (κ1) is 21.7. The van der Waals surface area contributed by atoms with E-state index in [-0.39, 0.29) is 17.0 Å². The molecule has 0 bridgehead atoms. The molecule has 2 N–H and O–H groups in total. The summed E-state index contributed by atoms with van der Waals surface area (Å²) in [5.41, 5.74) is 2.39. The van der Waals surface area contributed by atoms with Crippen LogP contribution in [0.5, 0.6) is 0 Å². The van der Waals surface area contributed by atoms with Crippen molar-refractivity contribution < 1.29 is 13.2 Å². The van der Waals surface area contributed by atoms with Crippen LogP contribution >= 0.6 is 0 Å². The predicted molar refractivity (Wildman–Crippen MR) is 123 cm³/mol. The lowest BCUT2D eigenvalue weighted by molar-refractivity contribution is 0.254. The third-order valence-corrected chi connectivity index (χ3v) is 6.31. The number of anilines is 3. The fourth-order valence-electron chi connectivity index (χ4n) is 3.57. The SMILES string of the molecule is C[C@@H]1CCCNc2ccc(-c3cncc(S(C)(=O)=O)c3)nc2N1C(=O)Nc1cccnc1. The van der Waals surface area contributed by atoms with Crippen molar-refractivity contribution in [2.75, 3.05) is 28.3 Å². The van der Waals surface area contributed by atoms with Crippen LogP contribution in [0.2, 0.25) is 0 Å². The third-order valence-electron chi connectivity index (χ3n) is 5.23. The molecule has 0 saturated heterocycles. The van der Waals surface area contributed by atoms with E-state index >= 15 is 0 Å². The number of aromatic nitrogens is 3. The summed E-state index contributed by atoms with van der Waals surface area (Å²) in [7, 11) is -3.41. The molecule has 0 radical (unpaired) electrons. The second-order valence-electron chi connectivity index (χ2n) is 7.71. The van der Waals surface area contributed by atoms with E-state index in [0.29, 0.717) is 22.8 Å². The normalized spacial score (nSPS) is 16.3. The van der Waals surface area contributed by atoms with Crippen molar-refractivity contribution >= 4 is 33.1 Å². The second kappa shape index (κ2) is 8.91. The number of amides is 2. The van der Waals surface area contributed by atoms with Crippen LogP contribution in [0.4, 0.5) is 22.0 Å². The highest BCUT2D eigenvalue weighted by Crippen LogP contribution is 2.32. The van der Waals surface area contributed by atoms with E-state index < -0.39 is 9.84 Å². The fourth-order valence-corrected chi connectivity index (χ4v) is 4.16. The maximum atomic E-state index is 13.3. The molecule has 166 valence electrons. The highest BCUT2D eigenvalue weighted by Gasteiger charge is 2.28. The van der Waals surface area contributed by atoms with E-state index in [2.05, 4.69) is 20.6 Å². The van der Waals surface area contributed by atoms with E-state index in [0.717, 1.165) is 31.3 Å². The summed E-state index contributed by atoms with van der Waals surface area (Å²) in [6, 6.07) is 8.28. The molecule has 0 unspecified atom stereocenters. The van der Waals surface area contributed by atoms with Gasteiger partial charge in [-0.05, 0) is 50.1 Å². The summed E-state index contributed by atoms with van der Waals surface area (Å²) in [6.07, 6.45) is 8.92. The van der Waals surface area contributed by atoms with Gasteiger partial charge in [0, 0.05) is 43.0 Å². The van der Waals surface area contributed by atoms with Crippen molar-refractivity contribution in [3.8, 4) is 11.3 Å². The Kier molecular flexibility index (Phi) is 6.04. The Morgan fingerprint density at radius 2 is 2.03 bits per heavy atom. The number of nitrogens with zero attached hydrogens (tertiary/aromatic N) is 4. The smallest absolute Gasteiger partial charge is 0.327 e. The van der Waals surface area contributed by atoms with Crippen molar-refractivity contribution in [2.24, 2.45) is 0 Å². The molecule has 0 saturated carbocycles. The summed E-state index contributed by atoms with van der Waals surface area (Å²) >= 11 is 0. The lowest BCUT2D eigenvalue weighted by Crippen LogP contribution is -2.43. The van der Waals surface area contributed by atoms with Crippen LogP contribution in [0.3, 0.4) is 0 Å². The van der Waals surface area contributed by atoms with Crippen molar-refractivity contribution in [1.29, 1.82) is 0 Å². The first-order valence-electron chi connectivity index (χ1n) is 10.2. The minimum Gasteiger partial charge on any atom is -0.382 e. The van der Waals surface area contributed by atoms with Crippen molar-refractivity contribution in [3.63, 3.8) is 0 Å². The molecule has 2 amide bonds. The zero-order chi connectivity index (χ0) is 22.7. The molecule has 4 heterocycles. The van der Waals surface area contributed by atoms with Gasteiger partial charge in [0.15, 0.2) is 15.7 Å². The number of pyridine rings is 3. The maximum absolute atomic E-state index is 13.3. The zero-order valence-corrected chi connectivity index (χ0v) is 18.6. The summed E-state index contributed by atoms with van der Waals surface area (Å²) in [4.78, 5) is 27.9. The number of carbonyl (C=O) groups is 1. The van der Waals surface area contributed by atoms with Gasteiger partial charge in [-0.1, -0.05) is 0 Å². The fraction of sp³-hybridized carbons (Fsp3) is 0.273. The predicted octanol–water partition coefficient (Wildman–Crippen LogP) is 3.57. The van der Waals surface area contributed by atoms with Crippen molar-refractivity contribution in [3.05, 3.63) is 55.1 Å². The summed E-state index contributed by atoms with van der Waals surface area (Å²) in [5.74, 6) is 0.473. The number of sulfone groups is 1. The first-order valence-corrected chi connectivity index (χ1v) is 12.1. The van der Waals surface area contributed by atoms with Crippen LogP contribution in [0.25, 0.3) is 11.3 Å². The Balaban J connectivity index is 1.76. The number of rotatable bonds is 3. The minimum absolute atomic E-state index is 0.101. The number of hydrogen-bond acceptors (Lipinski definition) is 7. The van der Waals surface area contributed by atoms with Gasteiger partial charge >= 0.3 is 6.03 Å². The molecule has 1 aliphatic heterocycles. The standard InChI is InChI=1S/C22H24N6O3S/c1-15-5-3-10-25-20-8-7-19(16-11-18(14-24-12-16)32(2,30)31)27-21(20)28(15)22(29)26-17-6-4-9-23-13-17/h4,6-9,11-15,25H,3,5,10H2,1-2H3,(H,26,29)/t15-/m1/s1. The number of hydrogen-bond donors (Lipinski definition) is 2. The average molecular weight is 453 g/mol. The average Bonchev–Trinajstić information content (AvgIpc) is 2.76. The van der Waals surface area contributed by atoms with Gasteiger partial charge in [0.2, 0.25) is 0 Å². The molecular weight excluding hydrogens is 428 g/mol. The molecular formula is C22H24N6O3S. The topological polar surface area (TPSA) is 117 Å². The Morgan fingerprint density at radius 1 is 1.19 bits per heavy atom.